The van der Waals surface area contributed by atoms with Gasteiger partial charge in [0.15, 0.2) is 9.84 Å². The van der Waals surface area contributed by atoms with Crippen LogP contribution in [0.1, 0.15) is 26.2 Å². The van der Waals surface area contributed by atoms with Gasteiger partial charge in [-0.2, -0.15) is 0 Å². The predicted octanol–water partition coefficient (Wildman–Crippen LogP) is 2.78. The number of nitrogens with zero attached hydrogens (tertiary/aromatic N) is 2. The highest BCUT2D eigenvalue weighted by atomic mass is 32.2. The molecule has 2 aliphatic heterocycles. The smallest absolute Gasteiger partial charge is 0.229 e. The van der Waals surface area contributed by atoms with Gasteiger partial charge in [-0.3, -0.25) is 9.59 Å². The molecule has 1 atom stereocenters. The Balaban J connectivity index is 1.45. The van der Waals surface area contributed by atoms with Gasteiger partial charge in [0.05, 0.1) is 22.3 Å². The van der Waals surface area contributed by atoms with Crippen LogP contribution in [0.15, 0.2) is 47.4 Å². The summed E-state index contributed by atoms with van der Waals surface area (Å²) in [6, 6.07) is 11.6. The summed E-state index contributed by atoms with van der Waals surface area (Å²) in [5.74, 6) is -1.51. The van der Waals surface area contributed by atoms with E-state index in [-0.39, 0.29) is 41.0 Å². The molecule has 4 rings (SSSR count). The van der Waals surface area contributed by atoms with Gasteiger partial charge in [0.2, 0.25) is 11.8 Å². The third-order valence-corrected chi connectivity index (χ3v) is 7.83. The molecule has 8 nitrogen and oxygen atoms in total. The molecular weight excluding hydrogens is 430 g/mol. The number of rotatable bonds is 6. The number of phenolic OH excluding ortho intramolecular Hbond substituents is 1. The molecule has 2 aliphatic rings. The summed E-state index contributed by atoms with van der Waals surface area (Å²) < 4.78 is 24.2. The van der Waals surface area contributed by atoms with Gasteiger partial charge in [-0.25, -0.2) is 8.42 Å². The van der Waals surface area contributed by atoms with Gasteiger partial charge >= 0.3 is 0 Å². The molecule has 2 amide bonds. The number of benzene rings is 2. The van der Waals surface area contributed by atoms with Gasteiger partial charge < -0.3 is 20.2 Å². The zero-order valence-corrected chi connectivity index (χ0v) is 18.8. The Morgan fingerprint density at radius 3 is 2.41 bits per heavy atom. The number of carbonyl (C=O) groups excluding carboxylic acids is 2. The van der Waals surface area contributed by atoms with Crippen molar-refractivity contribution in [1.29, 1.82) is 0 Å². The molecule has 32 heavy (non-hydrogen) atoms. The zero-order chi connectivity index (χ0) is 22.9. The molecule has 2 fully saturated rings. The van der Waals surface area contributed by atoms with Crippen molar-refractivity contribution in [3.63, 3.8) is 0 Å². The van der Waals surface area contributed by atoms with E-state index in [0.717, 1.165) is 24.5 Å². The number of nitrogens with one attached hydrogen (secondary N) is 1. The van der Waals surface area contributed by atoms with Crippen LogP contribution in [-0.4, -0.2) is 50.7 Å². The molecule has 9 heteroatoms. The number of amides is 2. The first-order valence-corrected chi connectivity index (χ1v) is 12.5. The minimum Gasteiger partial charge on any atom is -0.506 e. The van der Waals surface area contributed by atoms with Crippen molar-refractivity contribution >= 4 is 38.7 Å². The van der Waals surface area contributed by atoms with Crippen molar-refractivity contribution in [2.45, 2.75) is 31.1 Å². The minimum atomic E-state index is -3.48. The van der Waals surface area contributed by atoms with E-state index >= 15 is 0 Å². The maximum absolute atomic E-state index is 12.8. The molecule has 1 unspecified atom stereocenters. The van der Waals surface area contributed by atoms with Crippen LogP contribution in [0, 0.1) is 5.92 Å². The molecule has 0 aromatic heterocycles. The number of hydrogen-bond acceptors (Lipinski definition) is 6. The standard InChI is InChI=1S/C23H27N3O5S/c1-2-32(30,31)19-9-10-21(27)20(14-19)24-23(29)16-13-22(28)26(15-16)18-7-5-17(6-8-18)25-11-3-4-12-25/h5-10,14,16,27H,2-4,11-13,15H2,1H3,(H,24,29). The fourth-order valence-electron chi connectivity index (χ4n) is 4.16. The fraction of sp³-hybridized carbons (Fsp3) is 0.391. The lowest BCUT2D eigenvalue weighted by atomic mass is 10.1. The van der Waals surface area contributed by atoms with E-state index < -0.39 is 21.7 Å². The van der Waals surface area contributed by atoms with Gasteiger partial charge in [0.25, 0.3) is 0 Å². The van der Waals surface area contributed by atoms with Crippen LogP contribution in [0.2, 0.25) is 0 Å². The molecule has 170 valence electrons. The number of sulfone groups is 1. The minimum absolute atomic E-state index is 0.0189. The van der Waals surface area contributed by atoms with E-state index in [1.54, 1.807) is 4.90 Å². The molecule has 0 bridgehead atoms. The van der Waals surface area contributed by atoms with Gasteiger partial charge in [0.1, 0.15) is 5.75 Å². The van der Waals surface area contributed by atoms with E-state index in [2.05, 4.69) is 10.2 Å². The molecule has 2 aromatic carbocycles. The lowest BCUT2D eigenvalue weighted by molar-refractivity contribution is -0.122. The number of hydrogen-bond donors (Lipinski definition) is 2. The van der Waals surface area contributed by atoms with Crippen LogP contribution >= 0.6 is 0 Å². The van der Waals surface area contributed by atoms with Crippen molar-refractivity contribution in [3.05, 3.63) is 42.5 Å². The van der Waals surface area contributed by atoms with E-state index in [9.17, 15) is 23.1 Å². The lowest BCUT2D eigenvalue weighted by Gasteiger charge is -2.21. The van der Waals surface area contributed by atoms with Gasteiger partial charge in [-0.1, -0.05) is 6.92 Å². The topological polar surface area (TPSA) is 107 Å². The van der Waals surface area contributed by atoms with Crippen LogP contribution in [-0.2, 0) is 19.4 Å². The summed E-state index contributed by atoms with van der Waals surface area (Å²) >= 11 is 0. The Labute approximate surface area is 187 Å². The van der Waals surface area contributed by atoms with Crippen LogP contribution < -0.4 is 15.1 Å². The molecular formula is C23H27N3O5S. The SMILES string of the molecule is CCS(=O)(=O)c1ccc(O)c(NC(=O)C2CC(=O)N(c3ccc(N4CCCC4)cc3)C2)c1. The van der Waals surface area contributed by atoms with E-state index in [1.165, 1.54) is 38.0 Å². The fourth-order valence-corrected chi connectivity index (χ4v) is 5.07. The summed E-state index contributed by atoms with van der Waals surface area (Å²) in [4.78, 5) is 29.3. The Kier molecular flexibility index (Phi) is 6.10. The molecule has 2 N–H and O–H groups in total. The third kappa shape index (κ3) is 4.43. The van der Waals surface area contributed by atoms with Crippen molar-refractivity contribution < 1.29 is 23.1 Å². The first-order valence-electron chi connectivity index (χ1n) is 10.8. The average Bonchev–Trinajstić information content (AvgIpc) is 3.45. The highest BCUT2D eigenvalue weighted by Crippen LogP contribution is 2.31. The Morgan fingerprint density at radius 2 is 1.75 bits per heavy atom. The van der Waals surface area contributed by atoms with E-state index in [1.807, 2.05) is 24.3 Å². The third-order valence-electron chi connectivity index (χ3n) is 6.09. The Hall–Kier alpha value is -3.07. The summed E-state index contributed by atoms with van der Waals surface area (Å²) in [5.41, 5.74) is 1.89. The summed E-state index contributed by atoms with van der Waals surface area (Å²) in [7, 11) is -3.48. The summed E-state index contributed by atoms with van der Waals surface area (Å²) in [5, 5.41) is 12.7. The first-order chi connectivity index (χ1) is 15.3. The molecule has 2 aromatic rings. The second-order valence-electron chi connectivity index (χ2n) is 8.19. The first kappa shape index (κ1) is 22.1. The van der Waals surface area contributed by atoms with Crippen molar-refractivity contribution in [2.75, 3.05) is 40.5 Å². The molecule has 0 aliphatic carbocycles. The molecule has 0 spiro atoms. The maximum atomic E-state index is 12.8. The number of carbonyl (C=O) groups is 2. The second kappa shape index (κ2) is 8.82. The number of anilines is 3. The number of phenols is 1. The van der Waals surface area contributed by atoms with Gasteiger partial charge in [-0.05, 0) is 55.3 Å². The normalized spacial score (nSPS) is 18.9. The highest BCUT2D eigenvalue weighted by Gasteiger charge is 2.35. The summed E-state index contributed by atoms with van der Waals surface area (Å²) in [6.45, 7) is 3.83. The largest absolute Gasteiger partial charge is 0.506 e. The molecule has 2 heterocycles. The van der Waals surface area contributed by atoms with Crippen LogP contribution in [0.3, 0.4) is 0 Å². The zero-order valence-electron chi connectivity index (χ0n) is 18.0. The van der Waals surface area contributed by atoms with Gasteiger partial charge in [-0.15, -0.1) is 0 Å². The van der Waals surface area contributed by atoms with Crippen molar-refractivity contribution in [3.8, 4) is 5.75 Å². The second-order valence-corrected chi connectivity index (χ2v) is 10.5. The molecule has 0 radical (unpaired) electrons. The van der Waals surface area contributed by atoms with Crippen molar-refractivity contribution in [1.82, 2.24) is 0 Å². The van der Waals surface area contributed by atoms with E-state index in [0.29, 0.717) is 0 Å². The predicted molar refractivity (Wildman–Crippen MR) is 123 cm³/mol. The monoisotopic (exact) mass is 457 g/mol. The number of aromatic hydroxyl groups is 1. The Morgan fingerprint density at radius 1 is 1.09 bits per heavy atom. The Bertz CT molecular complexity index is 1120. The van der Waals surface area contributed by atoms with Crippen molar-refractivity contribution in [2.24, 2.45) is 5.92 Å². The van der Waals surface area contributed by atoms with Crippen LogP contribution in [0.5, 0.6) is 5.75 Å². The molecule has 2 saturated heterocycles. The van der Waals surface area contributed by atoms with Crippen LogP contribution in [0.25, 0.3) is 0 Å². The lowest BCUT2D eigenvalue weighted by Crippen LogP contribution is -2.28. The van der Waals surface area contributed by atoms with Gasteiger partial charge in [0, 0.05) is 37.4 Å². The summed E-state index contributed by atoms with van der Waals surface area (Å²) in [6.07, 6.45) is 2.42. The molecule has 0 saturated carbocycles. The maximum Gasteiger partial charge on any atom is 0.229 e. The van der Waals surface area contributed by atoms with E-state index in [4.69, 9.17) is 0 Å². The highest BCUT2D eigenvalue weighted by molar-refractivity contribution is 7.91. The quantitative estimate of drug-likeness (QED) is 0.646. The average molecular weight is 458 g/mol. The van der Waals surface area contributed by atoms with Crippen LogP contribution in [0.4, 0.5) is 17.1 Å².